The van der Waals surface area contributed by atoms with Gasteiger partial charge in [0.25, 0.3) is 0 Å². The van der Waals surface area contributed by atoms with Crippen LogP contribution >= 0.6 is 0 Å². The van der Waals surface area contributed by atoms with Crippen LogP contribution < -0.4 is 4.74 Å². The van der Waals surface area contributed by atoms with Gasteiger partial charge in [0.05, 0.1) is 24.3 Å². The van der Waals surface area contributed by atoms with Crippen LogP contribution in [0.4, 0.5) is 0 Å². The highest BCUT2D eigenvalue weighted by molar-refractivity contribution is 6.03. The SMILES string of the molecule is COc1ccc(C2=NN(C(=O)C34CC5CC(CC(C5)C3)C4)C(c3ccccc3)C2)cc1. The maximum absolute atomic E-state index is 14.2. The predicted molar refractivity (Wildman–Crippen MR) is 121 cm³/mol. The first-order valence-corrected chi connectivity index (χ1v) is 11.7. The van der Waals surface area contributed by atoms with E-state index in [9.17, 15) is 4.79 Å². The standard InChI is InChI=1S/C27H30N2O2/c1-31-23-9-7-21(8-10-23)24-14-25(22-5-3-2-4-6-22)29(28-24)26(30)27-15-18-11-19(16-27)13-20(12-18)17-27/h2-10,18-20,25H,11-17H2,1H3. The van der Waals surface area contributed by atoms with Gasteiger partial charge < -0.3 is 4.74 Å². The Hall–Kier alpha value is -2.62. The number of methoxy groups -OCH3 is 1. The molecule has 31 heavy (non-hydrogen) atoms. The molecule has 4 nitrogen and oxygen atoms in total. The Balaban J connectivity index is 1.36. The quantitative estimate of drug-likeness (QED) is 0.654. The minimum Gasteiger partial charge on any atom is -0.497 e. The van der Waals surface area contributed by atoms with Crippen LogP contribution in [0.3, 0.4) is 0 Å². The first-order valence-electron chi connectivity index (χ1n) is 11.7. The van der Waals surface area contributed by atoms with Crippen LogP contribution in [0, 0.1) is 23.2 Å². The highest BCUT2D eigenvalue weighted by atomic mass is 16.5. The molecule has 160 valence electrons. The van der Waals surface area contributed by atoms with Gasteiger partial charge >= 0.3 is 0 Å². The van der Waals surface area contributed by atoms with E-state index in [0.717, 1.165) is 60.5 Å². The lowest BCUT2D eigenvalue weighted by atomic mass is 9.49. The number of hydrogen-bond acceptors (Lipinski definition) is 3. The molecule has 1 amide bonds. The van der Waals surface area contributed by atoms with E-state index in [4.69, 9.17) is 9.84 Å². The van der Waals surface area contributed by atoms with Crippen LogP contribution in [0.15, 0.2) is 59.7 Å². The number of carbonyl (C=O) groups is 1. The van der Waals surface area contributed by atoms with Gasteiger partial charge in [-0.2, -0.15) is 5.10 Å². The summed E-state index contributed by atoms with van der Waals surface area (Å²) in [5.41, 5.74) is 3.06. The smallest absolute Gasteiger partial charge is 0.249 e. The number of rotatable bonds is 4. The molecular formula is C27H30N2O2. The number of benzene rings is 2. The average Bonchev–Trinajstić information content (AvgIpc) is 3.24. The van der Waals surface area contributed by atoms with Gasteiger partial charge in [-0.3, -0.25) is 4.79 Å². The van der Waals surface area contributed by atoms with Crippen LogP contribution in [0.2, 0.25) is 0 Å². The van der Waals surface area contributed by atoms with E-state index in [1.54, 1.807) is 7.11 Å². The summed E-state index contributed by atoms with van der Waals surface area (Å²) >= 11 is 0. The molecular weight excluding hydrogens is 384 g/mol. The second kappa shape index (κ2) is 7.22. The fourth-order valence-corrected chi connectivity index (χ4v) is 7.21. The number of amides is 1. The Morgan fingerprint density at radius 2 is 1.55 bits per heavy atom. The molecule has 1 heterocycles. The van der Waals surface area contributed by atoms with Crippen LogP contribution in [0.5, 0.6) is 5.75 Å². The van der Waals surface area contributed by atoms with Crippen molar-refractivity contribution in [2.24, 2.45) is 28.3 Å². The van der Waals surface area contributed by atoms with Crippen molar-refractivity contribution >= 4 is 11.6 Å². The molecule has 4 aliphatic carbocycles. The summed E-state index contributed by atoms with van der Waals surface area (Å²) in [4.78, 5) is 14.2. The molecule has 0 spiro atoms. The molecule has 5 aliphatic rings. The van der Waals surface area contributed by atoms with Crippen LogP contribution in [-0.4, -0.2) is 23.7 Å². The molecule has 0 radical (unpaired) electrons. The molecule has 4 heteroatoms. The maximum Gasteiger partial charge on any atom is 0.249 e. The van der Waals surface area contributed by atoms with Gasteiger partial charge in [-0.05, 0) is 91.7 Å². The number of hydrogen-bond donors (Lipinski definition) is 0. The summed E-state index contributed by atoms with van der Waals surface area (Å²) in [6.45, 7) is 0. The summed E-state index contributed by atoms with van der Waals surface area (Å²) in [5, 5.41) is 6.87. The van der Waals surface area contributed by atoms with Crippen molar-refractivity contribution in [2.75, 3.05) is 7.11 Å². The summed E-state index contributed by atoms with van der Waals surface area (Å²) < 4.78 is 5.31. The summed E-state index contributed by atoms with van der Waals surface area (Å²) in [5.74, 6) is 3.36. The van der Waals surface area contributed by atoms with Crippen molar-refractivity contribution in [3.63, 3.8) is 0 Å². The minimum atomic E-state index is -0.180. The minimum absolute atomic E-state index is 0.0150. The zero-order valence-corrected chi connectivity index (χ0v) is 18.2. The molecule has 4 bridgehead atoms. The highest BCUT2D eigenvalue weighted by Gasteiger charge is 2.57. The Bertz CT molecular complexity index is 976. The lowest BCUT2D eigenvalue weighted by Crippen LogP contribution is -2.53. The zero-order chi connectivity index (χ0) is 21.0. The van der Waals surface area contributed by atoms with E-state index in [-0.39, 0.29) is 17.4 Å². The maximum atomic E-state index is 14.2. The highest BCUT2D eigenvalue weighted by Crippen LogP contribution is 2.61. The molecule has 2 aromatic rings. The van der Waals surface area contributed by atoms with Gasteiger partial charge in [0.15, 0.2) is 0 Å². The van der Waals surface area contributed by atoms with Gasteiger partial charge in [0, 0.05) is 6.42 Å². The fraction of sp³-hybridized carbons (Fsp3) is 0.481. The number of ether oxygens (including phenoxy) is 1. The predicted octanol–water partition coefficient (Wildman–Crippen LogP) is 5.59. The lowest BCUT2D eigenvalue weighted by Gasteiger charge is -2.56. The Kier molecular flexibility index (Phi) is 4.45. The van der Waals surface area contributed by atoms with Crippen LogP contribution in [-0.2, 0) is 4.79 Å². The van der Waals surface area contributed by atoms with Gasteiger partial charge in [-0.15, -0.1) is 0 Å². The van der Waals surface area contributed by atoms with Gasteiger partial charge in [-0.25, -0.2) is 5.01 Å². The molecule has 4 fully saturated rings. The third-order valence-corrected chi connectivity index (χ3v) is 8.22. The molecule has 1 atom stereocenters. The fourth-order valence-electron chi connectivity index (χ4n) is 7.21. The number of hydrazone groups is 1. The molecule has 1 aliphatic heterocycles. The summed E-state index contributed by atoms with van der Waals surface area (Å²) in [6, 6.07) is 18.5. The van der Waals surface area contributed by atoms with Crippen molar-refractivity contribution in [1.29, 1.82) is 0 Å². The lowest BCUT2D eigenvalue weighted by molar-refractivity contribution is -0.159. The second-order valence-electron chi connectivity index (χ2n) is 10.3. The molecule has 0 N–H and O–H groups in total. The van der Waals surface area contributed by atoms with Crippen molar-refractivity contribution in [2.45, 2.75) is 51.0 Å². The van der Waals surface area contributed by atoms with Gasteiger partial charge in [-0.1, -0.05) is 30.3 Å². The zero-order valence-electron chi connectivity index (χ0n) is 18.2. The first-order chi connectivity index (χ1) is 15.1. The molecule has 0 aromatic heterocycles. The van der Waals surface area contributed by atoms with Gasteiger partial charge in [0.2, 0.25) is 5.91 Å². The first kappa shape index (κ1) is 19.1. The summed E-state index contributed by atoms with van der Waals surface area (Å²) in [7, 11) is 1.68. The third kappa shape index (κ3) is 3.19. The molecule has 0 saturated heterocycles. The van der Waals surface area contributed by atoms with E-state index < -0.39 is 0 Å². The van der Waals surface area contributed by atoms with Crippen molar-refractivity contribution in [1.82, 2.24) is 5.01 Å². The monoisotopic (exact) mass is 414 g/mol. The van der Waals surface area contributed by atoms with Crippen molar-refractivity contribution in [3.8, 4) is 5.75 Å². The average molecular weight is 415 g/mol. The Morgan fingerprint density at radius 1 is 0.935 bits per heavy atom. The molecule has 4 saturated carbocycles. The largest absolute Gasteiger partial charge is 0.497 e. The number of carbonyl (C=O) groups excluding carboxylic acids is 1. The molecule has 1 unspecified atom stereocenters. The second-order valence-corrected chi connectivity index (χ2v) is 10.3. The normalized spacial score (nSPS) is 33.5. The van der Waals surface area contributed by atoms with E-state index in [2.05, 4.69) is 36.4 Å². The Labute approximate surface area is 184 Å². The van der Waals surface area contributed by atoms with Crippen LogP contribution in [0.1, 0.15) is 62.1 Å². The van der Waals surface area contributed by atoms with Crippen LogP contribution in [0.25, 0.3) is 0 Å². The van der Waals surface area contributed by atoms with Gasteiger partial charge in [0.1, 0.15) is 5.75 Å². The van der Waals surface area contributed by atoms with Crippen molar-refractivity contribution in [3.05, 3.63) is 65.7 Å². The summed E-state index contributed by atoms with van der Waals surface area (Å²) in [6.07, 6.45) is 8.00. The van der Waals surface area contributed by atoms with E-state index in [1.165, 1.54) is 24.8 Å². The Morgan fingerprint density at radius 3 is 2.13 bits per heavy atom. The topological polar surface area (TPSA) is 41.9 Å². The molecule has 2 aromatic carbocycles. The third-order valence-electron chi connectivity index (χ3n) is 8.22. The molecule has 7 rings (SSSR count). The van der Waals surface area contributed by atoms with Crippen molar-refractivity contribution < 1.29 is 9.53 Å². The number of nitrogens with zero attached hydrogens (tertiary/aromatic N) is 2. The van der Waals surface area contributed by atoms with E-state index >= 15 is 0 Å². The van der Waals surface area contributed by atoms with E-state index in [1.807, 2.05) is 23.2 Å². The van der Waals surface area contributed by atoms with E-state index in [0.29, 0.717) is 0 Å².